The minimum Gasteiger partial charge on any atom is -0.352 e. The Balaban J connectivity index is 1.41. The van der Waals surface area contributed by atoms with Gasteiger partial charge in [-0.05, 0) is 49.5 Å². The summed E-state index contributed by atoms with van der Waals surface area (Å²) < 4.78 is 1.16. The Morgan fingerprint density at radius 2 is 2.24 bits per heavy atom. The second-order valence-corrected chi connectivity index (χ2v) is 7.03. The molecule has 3 aliphatic rings. The average molecular weight is 301 g/mol. The molecule has 2 aromatic rings. The molecule has 2 bridgehead atoms. The Hall–Kier alpha value is -1.46. The Kier molecular flexibility index (Phi) is 3.39. The van der Waals surface area contributed by atoms with Crippen molar-refractivity contribution in [1.29, 1.82) is 0 Å². The second-order valence-electron chi connectivity index (χ2n) is 6.14. The maximum Gasteiger partial charge on any atom is 0.224 e. The van der Waals surface area contributed by atoms with Crippen molar-refractivity contribution in [3.05, 3.63) is 29.3 Å². The van der Waals surface area contributed by atoms with E-state index >= 15 is 0 Å². The van der Waals surface area contributed by atoms with E-state index in [0.29, 0.717) is 18.4 Å². The molecule has 5 heteroatoms. The first kappa shape index (κ1) is 13.2. The van der Waals surface area contributed by atoms with Crippen LogP contribution in [-0.2, 0) is 11.2 Å². The lowest BCUT2D eigenvalue weighted by Gasteiger charge is -2.44. The van der Waals surface area contributed by atoms with E-state index in [1.165, 1.54) is 25.9 Å². The van der Waals surface area contributed by atoms with E-state index in [1.807, 2.05) is 17.6 Å². The molecule has 110 valence electrons. The van der Waals surface area contributed by atoms with Crippen LogP contribution in [0.15, 0.2) is 23.7 Å². The van der Waals surface area contributed by atoms with Crippen LogP contribution in [0.2, 0.25) is 0 Å². The Labute approximate surface area is 128 Å². The highest BCUT2D eigenvalue weighted by Crippen LogP contribution is 2.27. The zero-order chi connectivity index (χ0) is 14.2. The van der Waals surface area contributed by atoms with Gasteiger partial charge in [0.15, 0.2) is 0 Å². The quantitative estimate of drug-likeness (QED) is 0.944. The van der Waals surface area contributed by atoms with Gasteiger partial charge in [-0.15, -0.1) is 11.3 Å². The molecule has 5 rings (SSSR count). The number of hydrogen-bond acceptors (Lipinski definition) is 4. The van der Waals surface area contributed by atoms with Gasteiger partial charge in [0.25, 0.3) is 0 Å². The number of aromatic nitrogens is 1. The Morgan fingerprint density at radius 3 is 3.00 bits per heavy atom. The van der Waals surface area contributed by atoms with Gasteiger partial charge in [0.05, 0.1) is 22.1 Å². The van der Waals surface area contributed by atoms with E-state index in [4.69, 9.17) is 0 Å². The molecule has 0 spiro atoms. The maximum atomic E-state index is 12.3. The van der Waals surface area contributed by atoms with E-state index in [1.54, 1.807) is 11.3 Å². The minimum atomic E-state index is 0.151. The highest BCUT2D eigenvalue weighted by atomic mass is 32.1. The molecule has 3 fully saturated rings. The van der Waals surface area contributed by atoms with Gasteiger partial charge in [-0.1, -0.05) is 6.07 Å². The third kappa shape index (κ3) is 2.68. The normalized spacial score (nSPS) is 27.9. The summed E-state index contributed by atoms with van der Waals surface area (Å²) in [7, 11) is 0. The molecule has 1 aromatic carbocycles. The SMILES string of the molecule is O=C(Cc1ccc2ncsc2c1)NC1CN2CCC1CC2. The smallest absolute Gasteiger partial charge is 0.224 e. The number of carbonyl (C=O) groups is 1. The van der Waals surface area contributed by atoms with Gasteiger partial charge in [0.1, 0.15) is 0 Å². The number of nitrogens with one attached hydrogen (secondary N) is 1. The first-order valence-corrected chi connectivity index (χ1v) is 8.50. The number of hydrogen-bond donors (Lipinski definition) is 1. The number of carbonyl (C=O) groups excluding carboxylic acids is 1. The molecule has 1 N–H and O–H groups in total. The maximum absolute atomic E-state index is 12.3. The van der Waals surface area contributed by atoms with Crippen molar-refractivity contribution in [3.63, 3.8) is 0 Å². The van der Waals surface area contributed by atoms with Crippen molar-refractivity contribution in [2.24, 2.45) is 5.92 Å². The minimum absolute atomic E-state index is 0.151. The Morgan fingerprint density at radius 1 is 1.38 bits per heavy atom. The van der Waals surface area contributed by atoms with Gasteiger partial charge in [0.2, 0.25) is 5.91 Å². The van der Waals surface area contributed by atoms with Crippen LogP contribution in [-0.4, -0.2) is 41.5 Å². The summed E-state index contributed by atoms with van der Waals surface area (Å²) in [5.74, 6) is 0.834. The van der Waals surface area contributed by atoms with Gasteiger partial charge in [-0.2, -0.15) is 0 Å². The van der Waals surface area contributed by atoms with Crippen LogP contribution in [0.4, 0.5) is 0 Å². The van der Waals surface area contributed by atoms with E-state index in [0.717, 1.165) is 22.3 Å². The van der Waals surface area contributed by atoms with Crippen molar-refractivity contribution >= 4 is 27.5 Å². The summed E-state index contributed by atoms with van der Waals surface area (Å²) >= 11 is 1.62. The zero-order valence-corrected chi connectivity index (χ0v) is 12.7. The van der Waals surface area contributed by atoms with Crippen LogP contribution in [0.5, 0.6) is 0 Å². The highest BCUT2D eigenvalue weighted by Gasteiger charge is 2.34. The predicted octanol–water partition coefficient (Wildman–Crippen LogP) is 2.05. The Bertz CT molecular complexity index is 660. The van der Waals surface area contributed by atoms with Crippen LogP contribution in [0.1, 0.15) is 18.4 Å². The van der Waals surface area contributed by atoms with Crippen molar-refractivity contribution < 1.29 is 4.79 Å². The standard InChI is InChI=1S/C16H19N3OS/c20-16(18-14-9-19-5-3-12(14)4-6-19)8-11-1-2-13-15(7-11)21-10-17-13/h1-2,7,10,12,14H,3-6,8-9H2,(H,18,20). The third-order valence-electron chi connectivity index (χ3n) is 4.76. The number of thiazole rings is 1. The second kappa shape index (κ2) is 5.39. The van der Waals surface area contributed by atoms with Crippen LogP contribution < -0.4 is 5.32 Å². The van der Waals surface area contributed by atoms with Gasteiger partial charge in [0, 0.05) is 12.6 Å². The molecule has 3 aliphatic heterocycles. The van der Waals surface area contributed by atoms with E-state index in [-0.39, 0.29) is 5.91 Å². The summed E-state index contributed by atoms with van der Waals surface area (Å²) in [5.41, 5.74) is 3.94. The van der Waals surface area contributed by atoms with Crippen LogP contribution >= 0.6 is 11.3 Å². The predicted molar refractivity (Wildman–Crippen MR) is 84.4 cm³/mol. The van der Waals surface area contributed by atoms with Gasteiger partial charge >= 0.3 is 0 Å². The molecule has 0 radical (unpaired) electrons. The number of benzene rings is 1. The monoisotopic (exact) mass is 301 g/mol. The topological polar surface area (TPSA) is 45.2 Å². The molecule has 1 unspecified atom stereocenters. The zero-order valence-electron chi connectivity index (χ0n) is 11.9. The van der Waals surface area contributed by atoms with Gasteiger partial charge in [-0.3, -0.25) is 4.79 Å². The molecular formula is C16H19N3OS. The van der Waals surface area contributed by atoms with Crippen LogP contribution in [0, 0.1) is 5.92 Å². The summed E-state index contributed by atoms with van der Waals surface area (Å²) in [6, 6.07) is 6.45. The van der Waals surface area contributed by atoms with Crippen molar-refractivity contribution in [3.8, 4) is 0 Å². The van der Waals surface area contributed by atoms with Gasteiger partial charge in [-0.25, -0.2) is 4.98 Å². The first-order valence-electron chi connectivity index (χ1n) is 7.62. The van der Waals surface area contributed by atoms with E-state index in [9.17, 15) is 4.79 Å². The largest absolute Gasteiger partial charge is 0.352 e. The molecule has 1 atom stereocenters. The lowest BCUT2D eigenvalue weighted by atomic mass is 9.84. The fourth-order valence-electron chi connectivity index (χ4n) is 3.58. The number of fused-ring (bicyclic) bond motifs is 4. The number of rotatable bonds is 3. The average Bonchev–Trinajstić information content (AvgIpc) is 2.96. The summed E-state index contributed by atoms with van der Waals surface area (Å²) in [6.45, 7) is 3.45. The fraction of sp³-hybridized carbons (Fsp3) is 0.500. The summed E-state index contributed by atoms with van der Waals surface area (Å²) in [4.78, 5) is 19.0. The van der Waals surface area contributed by atoms with E-state index < -0.39 is 0 Å². The lowest BCUT2D eigenvalue weighted by molar-refractivity contribution is -0.122. The van der Waals surface area contributed by atoms with Crippen molar-refractivity contribution in [1.82, 2.24) is 15.2 Å². The molecule has 3 saturated heterocycles. The highest BCUT2D eigenvalue weighted by molar-refractivity contribution is 7.16. The molecule has 21 heavy (non-hydrogen) atoms. The molecule has 0 saturated carbocycles. The number of nitrogens with zero attached hydrogens (tertiary/aromatic N) is 2. The first-order chi connectivity index (χ1) is 10.3. The van der Waals surface area contributed by atoms with Gasteiger partial charge < -0.3 is 10.2 Å². The third-order valence-corrected chi connectivity index (χ3v) is 5.55. The molecule has 1 aromatic heterocycles. The molecular weight excluding hydrogens is 282 g/mol. The summed E-state index contributed by atoms with van der Waals surface area (Å²) in [5, 5.41) is 3.25. The van der Waals surface area contributed by atoms with Crippen LogP contribution in [0.25, 0.3) is 10.2 Å². The van der Waals surface area contributed by atoms with Crippen molar-refractivity contribution in [2.45, 2.75) is 25.3 Å². The number of amides is 1. The molecule has 0 aliphatic carbocycles. The van der Waals surface area contributed by atoms with E-state index in [2.05, 4.69) is 21.3 Å². The molecule has 4 heterocycles. The number of piperidine rings is 3. The fourth-order valence-corrected chi connectivity index (χ4v) is 4.32. The van der Waals surface area contributed by atoms with Crippen LogP contribution in [0.3, 0.4) is 0 Å². The summed E-state index contributed by atoms with van der Waals surface area (Å²) in [6.07, 6.45) is 2.94. The lowest BCUT2D eigenvalue weighted by Crippen LogP contribution is -2.57. The molecule has 4 nitrogen and oxygen atoms in total. The molecule has 1 amide bonds. The van der Waals surface area contributed by atoms with Crippen molar-refractivity contribution in [2.75, 3.05) is 19.6 Å².